The van der Waals surface area contributed by atoms with Crippen LogP contribution >= 0.6 is 0 Å². The van der Waals surface area contributed by atoms with Crippen LogP contribution in [-0.2, 0) is 14.9 Å². The van der Waals surface area contributed by atoms with Crippen LogP contribution in [0.5, 0.6) is 0 Å². The van der Waals surface area contributed by atoms with E-state index in [4.69, 9.17) is 10.5 Å². The van der Waals surface area contributed by atoms with E-state index in [1.54, 1.807) is 0 Å². The lowest BCUT2D eigenvalue weighted by atomic mass is 9.60. The molecular formula is C20H29NO3. The topological polar surface area (TPSA) is 72.6 Å². The highest BCUT2D eigenvalue weighted by atomic mass is 16.5. The number of rotatable bonds is 5. The van der Waals surface area contributed by atoms with Crippen molar-refractivity contribution in [2.24, 2.45) is 17.6 Å². The summed E-state index contributed by atoms with van der Waals surface area (Å²) >= 11 is 0. The van der Waals surface area contributed by atoms with Crippen LogP contribution < -0.4 is 5.73 Å². The Kier molecular flexibility index (Phi) is 5.57. The maximum Gasteiger partial charge on any atom is 0.319 e. The molecule has 0 radical (unpaired) electrons. The largest absolute Gasteiger partial charge is 0.461 e. The van der Waals surface area contributed by atoms with E-state index in [0.29, 0.717) is 5.92 Å². The normalized spacial score (nSPS) is 31.1. The van der Waals surface area contributed by atoms with Gasteiger partial charge in [-0.3, -0.25) is 4.79 Å². The van der Waals surface area contributed by atoms with E-state index >= 15 is 0 Å². The fraction of sp³-hybridized carbons (Fsp3) is 0.650. The van der Waals surface area contributed by atoms with E-state index in [9.17, 15) is 9.90 Å². The van der Waals surface area contributed by atoms with Gasteiger partial charge in [-0.05, 0) is 43.1 Å². The molecule has 3 atom stereocenters. The third-order valence-electron chi connectivity index (χ3n) is 6.17. The molecule has 4 heteroatoms. The van der Waals surface area contributed by atoms with Gasteiger partial charge in [0.1, 0.15) is 6.10 Å². The molecule has 2 aliphatic carbocycles. The third kappa shape index (κ3) is 3.22. The predicted molar refractivity (Wildman–Crippen MR) is 93.4 cm³/mol. The number of esters is 1. The number of aliphatic hydroxyl groups is 1. The molecule has 3 rings (SSSR count). The van der Waals surface area contributed by atoms with Crippen LogP contribution in [0, 0.1) is 11.8 Å². The van der Waals surface area contributed by atoms with Crippen molar-refractivity contribution in [3.8, 4) is 0 Å². The van der Waals surface area contributed by atoms with Crippen LogP contribution in [-0.4, -0.2) is 30.3 Å². The van der Waals surface area contributed by atoms with Crippen molar-refractivity contribution in [3.63, 3.8) is 0 Å². The SMILES string of the molecule is NCC(=O)O[C@@H]1C[C@H](CO)[C@@](c2ccccc2)(C2CCCCC2)C1. The summed E-state index contributed by atoms with van der Waals surface area (Å²) in [4.78, 5) is 11.7. The van der Waals surface area contributed by atoms with E-state index in [-0.39, 0.29) is 36.6 Å². The number of carbonyl (C=O) groups excluding carboxylic acids is 1. The van der Waals surface area contributed by atoms with Gasteiger partial charge in [-0.2, -0.15) is 0 Å². The molecule has 0 saturated heterocycles. The summed E-state index contributed by atoms with van der Waals surface area (Å²) < 4.78 is 5.59. The zero-order valence-electron chi connectivity index (χ0n) is 14.3. The molecule has 0 spiro atoms. The van der Waals surface area contributed by atoms with Crippen molar-refractivity contribution >= 4 is 5.97 Å². The van der Waals surface area contributed by atoms with Gasteiger partial charge in [-0.25, -0.2) is 0 Å². The molecule has 0 aromatic heterocycles. The summed E-state index contributed by atoms with van der Waals surface area (Å²) in [5, 5.41) is 10.1. The Morgan fingerprint density at radius 1 is 1.21 bits per heavy atom. The highest BCUT2D eigenvalue weighted by Crippen LogP contribution is 2.55. The summed E-state index contributed by atoms with van der Waals surface area (Å²) in [6, 6.07) is 10.6. The monoisotopic (exact) mass is 331 g/mol. The number of aliphatic hydroxyl groups excluding tert-OH is 1. The lowest BCUT2D eigenvalue weighted by molar-refractivity contribution is -0.147. The first-order chi connectivity index (χ1) is 11.7. The molecule has 132 valence electrons. The fourth-order valence-corrected chi connectivity index (χ4v) is 5.17. The molecule has 2 aliphatic rings. The van der Waals surface area contributed by atoms with Crippen LogP contribution in [0.1, 0.15) is 50.5 Å². The molecule has 0 heterocycles. The van der Waals surface area contributed by atoms with Crippen LogP contribution in [0.25, 0.3) is 0 Å². The molecule has 24 heavy (non-hydrogen) atoms. The second-order valence-corrected chi connectivity index (χ2v) is 7.38. The Bertz CT molecular complexity index is 541. The molecule has 0 bridgehead atoms. The maximum absolute atomic E-state index is 11.7. The highest BCUT2D eigenvalue weighted by molar-refractivity contribution is 5.71. The van der Waals surface area contributed by atoms with Crippen LogP contribution in [0.2, 0.25) is 0 Å². The second kappa shape index (κ2) is 7.66. The van der Waals surface area contributed by atoms with Crippen LogP contribution in [0.4, 0.5) is 0 Å². The Morgan fingerprint density at radius 2 is 1.92 bits per heavy atom. The first kappa shape index (κ1) is 17.4. The van der Waals surface area contributed by atoms with Gasteiger partial charge in [0.05, 0.1) is 6.54 Å². The smallest absolute Gasteiger partial charge is 0.319 e. The van der Waals surface area contributed by atoms with Crippen molar-refractivity contribution in [1.29, 1.82) is 0 Å². The maximum atomic E-state index is 11.7. The minimum absolute atomic E-state index is 0.0813. The third-order valence-corrected chi connectivity index (χ3v) is 6.17. The van der Waals surface area contributed by atoms with Gasteiger partial charge >= 0.3 is 5.97 Å². The molecule has 2 saturated carbocycles. The molecule has 0 aliphatic heterocycles. The van der Waals surface area contributed by atoms with Crippen molar-refractivity contribution < 1.29 is 14.6 Å². The van der Waals surface area contributed by atoms with Gasteiger partial charge in [0.2, 0.25) is 0 Å². The van der Waals surface area contributed by atoms with Gasteiger partial charge in [-0.1, -0.05) is 49.6 Å². The Labute approximate surface area is 144 Å². The average Bonchev–Trinajstić information content (AvgIpc) is 3.02. The minimum Gasteiger partial charge on any atom is -0.461 e. The molecule has 1 aromatic carbocycles. The van der Waals surface area contributed by atoms with E-state index < -0.39 is 0 Å². The molecule has 2 fully saturated rings. The van der Waals surface area contributed by atoms with Gasteiger partial charge in [0.25, 0.3) is 0 Å². The summed E-state index contributed by atoms with van der Waals surface area (Å²) in [6.45, 7) is 0.0596. The Hall–Kier alpha value is -1.39. The second-order valence-electron chi connectivity index (χ2n) is 7.38. The summed E-state index contributed by atoms with van der Waals surface area (Å²) in [7, 11) is 0. The van der Waals surface area contributed by atoms with Crippen molar-refractivity contribution in [1.82, 2.24) is 0 Å². The zero-order chi connectivity index (χ0) is 17.0. The molecule has 1 aromatic rings. The molecule has 0 unspecified atom stereocenters. The summed E-state index contributed by atoms with van der Waals surface area (Å²) in [5.41, 5.74) is 6.62. The van der Waals surface area contributed by atoms with E-state index in [0.717, 1.165) is 12.8 Å². The first-order valence-electron chi connectivity index (χ1n) is 9.26. The van der Waals surface area contributed by atoms with E-state index in [1.165, 1.54) is 37.7 Å². The first-order valence-corrected chi connectivity index (χ1v) is 9.26. The molecule has 3 N–H and O–H groups in total. The van der Waals surface area contributed by atoms with Crippen LogP contribution in [0.3, 0.4) is 0 Å². The Morgan fingerprint density at radius 3 is 2.54 bits per heavy atom. The van der Waals surface area contributed by atoms with E-state index in [2.05, 4.69) is 24.3 Å². The quantitative estimate of drug-likeness (QED) is 0.814. The summed E-state index contributed by atoms with van der Waals surface area (Å²) in [6.07, 6.45) is 7.60. The van der Waals surface area contributed by atoms with Crippen LogP contribution in [0.15, 0.2) is 30.3 Å². The van der Waals surface area contributed by atoms with Gasteiger partial charge in [0, 0.05) is 12.0 Å². The van der Waals surface area contributed by atoms with Gasteiger partial charge in [-0.15, -0.1) is 0 Å². The van der Waals surface area contributed by atoms with Gasteiger partial charge in [0.15, 0.2) is 0 Å². The number of benzene rings is 1. The lowest BCUT2D eigenvalue weighted by Crippen LogP contribution is -2.41. The van der Waals surface area contributed by atoms with Crippen molar-refractivity contribution in [3.05, 3.63) is 35.9 Å². The fourth-order valence-electron chi connectivity index (χ4n) is 5.17. The zero-order valence-corrected chi connectivity index (χ0v) is 14.3. The summed E-state index contributed by atoms with van der Waals surface area (Å²) in [5.74, 6) is 0.343. The van der Waals surface area contributed by atoms with Crippen molar-refractivity contribution in [2.45, 2.75) is 56.5 Å². The highest BCUT2D eigenvalue weighted by Gasteiger charge is 2.53. The molecular weight excluding hydrogens is 302 g/mol. The Balaban J connectivity index is 1.95. The lowest BCUT2D eigenvalue weighted by Gasteiger charge is -2.44. The number of hydrogen-bond donors (Lipinski definition) is 2. The van der Waals surface area contributed by atoms with Crippen molar-refractivity contribution in [2.75, 3.05) is 13.2 Å². The van der Waals surface area contributed by atoms with E-state index in [1.807, 2.05) is 6.07 Å². The molecule has 4 nitrogen and oxygen atoms in total. The number of carbonyl (C=O) groups is 1. The predicted octanol–water partition coefficient (Wildman–Crippen LogP) is 2.78. The minimum atomic E-state index is -0.343. The number of nitrogens with two attached hydrogens (primary N) is 1. The number of hydrogen-bond acceptors (Lipinski definition) is 4. The molecule has 0 amide bonds. The average molecular weight is 331 g/mol. The standard InChI is InChI=1S/C20H29NO3/c21-13-19(23)24-18-11-17(14-22)20(12-18,15-7-3-1-4-8-15)16-9-5-2-6-10-16/h1,3-4,7-8,16-18,22H,2,5-6,9-14,21H2/t17-,18-,20+/m1/s1. The number of ether oxygens (including phenoxy) is 1. The van der Waals surface area contributed by atoms with Gasteiger partial charge < -0.3 is 15.6 Å².